The van der Waals surface area contributed by atoms with Gasteiger partial charge in [0.15, 0.2) is 0 Å². The minimum absolute atomic E-state index is 0.173. The maximum atomic E-state index is 12.4. The van der Waals surface area contributed by atoms with E-state index >= 15 is 0 Å². The van der Waals surface area contributed by atoms with E-state index in [9.17, 15) is 4.79 Å². The van der Waals surface area contributed by atoms with Crippen molar-refractivity contribution in [1.29, 1.82) is 0 Å². The van der Waals surface area contributed by atoms with E-state index in [0.717, 1.165) is 30.8 Å². The van der Waals surface area contributed by atoms with Crippen LogP contribution >= 0.6 is 11.3 Å². The van der Waals surface area contributed by atoms with Gasteiger partial charge in [0.05, 0.1) is 6.54 Å². The third-order valence-electron chi connectivity index (χ3n) is 3.67. The van der Waals surface area contributed by atoms with Crippen LogP contribution in [0.1, 0.15) is 36.6 Å². The minimum Gasteiger partial charge on any atom is -0.339 e. The Kier molecular flexibility index (Phi) is 4.93. The number of hydrogen-bond donors (Lipinski definition) is 1. The third-order valence-corrected chi connectivity index (χ3v) is 4.80. The number of carbonyl (C=O) groups excluding carboxylic acids is 1. The first-order valence-electron chi connectivity index (χ1n) is 7.02. The highest BCUT2D eigenvalue weighted by atomic mass is 32.1. The number of hydrogen-bond acceptors (Lipinski definition) is 4. The van der Waals surface area contributed by atoms with Crippen molar-refractivity contribution in [2.75, 3.05) is 13.6 Å². The molecule has 2 rings (SSSR count). The summed E-state index contributed by atoms with van der Waals surface area (Å²) < 4.78 is 0. The second-order valence-electron chi connectivity index (χ2n) is 5.34. The van der Waals surface area contributed by atoms with Gasteiger partial charge in [-0.3, -0.25) is 4.79 Å². The van der Waals surface area contributed by atoms with E-state index in [-0.39, 0.29) is 11.8 Å². The summed E-state index contributed by atoms with van der Waals surface area (Å²) in [6, 6.07) is 0.447. The Balaban J connectivity index is 1.91. The van der Waals surface area contributed by atoms with Gasteiger partial charge < -0.3 is 10.2 Å². The maximum Gasteiger partial charge on any atom is 0.225 e. The van der Waals surface area contributed by atoms with E-state index in [1.807, 2.05) is 18.1 Å². The standard InChI is InChI=1S/C14H23N3OS/c1-4-12-8-16-13(19-12)9-17(3)14(18)11-5-6-15-10(2)7-11/h8,10-11,15H,4-7,9H2,1-3H3/t10-,11-/m0/s1. The topological polar surface area (TPSA) is 45.2 Å². The average molecular weight is 281 g/mol. The van der Waals surface area contributed by atoms with Crippen molar-refractivity contribution in [3.05, 3.63) is 16.1 Å². The molecule has 0 aliphatic carbocycles. The quantitative estimate of drug-likeness (QED) is 0.919. The van der Waals surface area contributed by atoms with Crippen LogP contribution in [0, 0.1) is 5.92 Å². The van der Waals surface area contributed by atoms with Crippen LogP contribution in [-0.4, -0.2) is 35.4 Å². The average Bonchev–Trinajstić information content (AvgIpc) is 2.85. The number of aryl methyl sites for hydroxylation is 1. The van der Waals surface area contributed by atoms with Crippen LogP contribution in [0.4, 0.5) is 0 Å². The van der Waals surface area contributed by atoms with Crippen molar-refractivity contribution in [3.8, 4) is 0 Å². The fourth-order valence-electron chi connectivity index (χ4n) is 2.53. The summed E-state index contributed by atoms with van der Waals surface area (Å²) in [4.78, 5) is 19.9. The Morgan fingerprint density at radius 2 is 2.42 bits per heavy atom. The lowest BCUT2D eigenvalue weighted by Gasteiger charge is -2.30. The second kappa shape index (κ2) is 6.48. The van der Waals surface area contributed by atoms with E-state index < -0.39 is 0 Å². The van der Waals surface area contributed by atoms with Crippen LogP contribution in [0.5, 0.6) is 0 Å². The Hall–Kier alpha value is -0.940. The summed E-state index contributed by atoms with van der Waals surface area (Å²) in [5.74, 6) is 0.438. The Morgan fingerprint density at radius 3 is 3.05 bits per heavy atom. The third kappa shape index (κ3) is 3.76. The number of rotatable bonds is 4. The largest absolute Gasteiger partial charge is 0.339 e. The van der Waals surface area contributed by atoms with Crippen molar-refractivity contribution in [1.82, 2.24) is 15.2 Å². The molecule has 0 spiro atoms. The molecule has 0 bridgehead atoms. The van der Waals surface area contributed by atoms with Crippen LogP contribution < -0.4 is 5.32 Å². The first-order valence-corrected chi connectivity index (χ1v) is 7.83. The highest BCUT2D eigenvalue weighted by Gasteiger charge is 2.27. The first kappa shape index (κ1) is 14.5. The zero-order valence-electron chi connectivity index (χ0n) is 12.0. The Labute approximate surface area is 119 Å². The van der Waals surface area contributed by atoms with Gasteiger partial charge in [-0.1, -0.05) is 6.92 Å². The fraction of sp³-hybridized carbons (Fsp3) is 0.714. The van der Waals surface area contributed by atoms with Crippen molar-refractivity contribution in [3.63, 3.8) is 0 Å². The summed E-state index contributed by atoms with van der Waals surface area (Å²) in [6.45, 7) is 5.86. The second-order valence-corrected chi connectivity index (χ2v) is 6.54. The maximum absolute atomic E-state index is 12.4. The van der Waals surface area contributed by atoms with Crippen LogP contribution in [-0.2, 0) is 17.8 Å². The summed E-state index contributed by atoms with van der Waals surface area (Å²) in [7, 11) is 1.89. The molecule has 1 aromatic rings. The molecule has 2 heterocycles. The van der Waals surface area contributed by atoms with Gasteiger partial charge >= 0.3 is 0 Å². The molecule has 1 amide bonds. The molecule has 1 fully saturated rings. The highest BCUT2D eigenvalue weighted by molar-refractivity contribution is 7.11. The lowest BCUT2D eigenvalue weighted by atomic mass is 9.92. The lowest BCUT2D eigenvalue weighted by molar-refractivity contribution is -0.135. The van der Waals surface area contributed by atoms with Gasteiger partial charge in [0.2, 0.25) is 5.91 Å². The molecule has 0 radical (unpaired) electrons. The van der Waals surface area contributed by atoms with Crippen LogP contribution in [0.25, 0.3) is 0 Å². The molecule has 0 saturated carbocycles. The molecule has 2 atom stereocenters. The van der Waals surface area contributed by atoms with E-state index in [0.29, 0.717) is 12.6 Å². The van der Waals surface area contributed by atoms with E-state index in [1.54, 1.807) is 11.3 Å². The molecule has 1 aromatic heterocycles. The predicted molar refractivity (Wildman–Crippen MR) is 78.2 cm³/mol. The van der Waals surface area contributed by atoms with Crippen LogP contribution in [0.3, 0.4) is 0 Å². The van der Waals surface area contributed by atoms with Crippen LogP contribution in [0.15, 0.2) is 6.20 Å². The number of nitrogens with zero attached hydrogens (tertiary/aromatic N) is 2. The lowest BCUT2D eigenvalue weighted by Crippen LogP contribution is -2.42. The van der Waals surface area contributed by atoms with Gasteiger partial charge in [-0.25, -0.2) is 4.98 Å². The number of aromatic nitrogens is 1. The molecule has 1 saturated heterocycles. The minimum atomic E-state index is 0.173. The number of piperidine rings is 1. The number of carbonyl (C=O) groups is 1. The van der Waals surface area contributed by atoms with E-state index in [4.69, 9.17) is 0 Å². The summed E-state index contributed by atoms with van der Waals surface area (Å²) in [6.07, 6.45) is 4.83. The number of thiazole rings is 1. The number of amides is 1. The molecule has 0 unspecified atom stereocenters. The van der Waals surface area contributed by atoms with E-state index in [1.165, 1.54) is 4.88 Å². The molecule has 0 aromatic carbocycles. The molecular formula is C14H23N3OS. The fourth-order valence-corrected chi connectivity index (χ4v) is 3.45. The zero-order chi connectivity index (χ0) is 13.8. The molecule has 4 nitrogen and oxygen atoms in total. The SMILES string of the molecule is CCc1cnc(CN(C)C(=O)[C@H]2CCN[C@@H](C)C2)s1. The molecule has 106 valence electrons. The molecular weight excluding hydrogens is 258 g/mol. The number of nitrogens with one attached hydrogen (secondary N) is 1. The summed E-state index contributed by atoms with van der Waals surface area (Å²) in [5.41, 5.74) is 0. The van der Waals surface area contributed by atoms with Gasteiger partial charge in [0.1, 0.15) is 5.01 Å². The summed E-state index contributed by atoms with van der Waals surface area (Å²) in [5, 5.41) is 4.42. The Bertz CT molecular complexity index is 432. The zero-order valence-corrected chi connectivity index (χ0v) is 12.8. The van der Waals surface area contributed by atoms with Gasteiger partial charge in [-0.15, -0.1) is 11.3 Å². The molecule has 1 N–H and O–H groups in total. The normalized spacial score (nSPS) is 23.3. The van der Waals surface area contributed by atoms with Gasteiger partial charge in [0, 0.05) is 30.1 Å². The van der Waals surface area contributed by atoms with Gasteiger partial charge in [0.25, 0.3) is 0 Å². The molecule has 5 heteroatoms. The summed E-state index contributed by atoms with van der Waals surface area (Å²) >= 11 is 1.71. The smallest absolute Gasteiger partial charge is 0.225 e. The first-order chi connectivity index (χ1) is 9.10. The van der Waals surface area contributed by atoms with E-state index in [2.05, 4.69) is 24.1 Å². The van der Waals surface area contributed by atoms with Gasteiger partial charge in [-0.2, -0.15) is 0 Å². The highest BCUT2D eigenvalue weighted by Crippen LogP contribution is 2.20. The Morgan fingerprint density at radius 1 is 1.63 bits per heavy atom. The van der Waals surface area contributed by atoms with Gasteiger partial charge in [-0.05, 0) is 32.7 Å². The van der Waals surface area contributed by atoms with Crippen molar-refractivity contribution < 1.29 is 4.79 Å². The van der Waals surface area contributed by atoms with Crippen molar-refractivity contribution in [2.45, 2.75) is 45.7 Å². The predicted octanol–water partition coefficient (Wildman–Crippen LogP) is 2.05. The molecule has 1 aliphatic rings. The van der Waals surface area contributed by atoms with Crippen molar-refractivity contribution in [2.24, 2.45) is 5.92 Å². The van der Waals surface area contributed by atoms with Crippen LogP contribution in [0.2, 0.25) is 0 Å². The molecule has 1 aliphatic heterocycles. The molecule has 19 heavy (non-hydrogen) atoms. The van der Waals surface area contributed by atoms with Crippen molar-refractivity contribution >= 4 is 17.2 Å². The monoisotopic (exact) mass is 281 g/mol.